The number of carbonyl (C=O) groups is 1. The molecular weight excluding hydrogens is 424 g/mol. The first-order chi connectivity index (χ1) is 14.4. The number of anilines is 1. The van der Waals surface area contributed by atoms with E-state index < -0.39 is 0 Å². The summed E-state index contributed by atoms with van der Waals surface area (Å²) < 4.78 is 26.8. The number of ketones is 1. The van der Waals surface area contributed by atoms with Crippen LogP contribution in [0.5, 0.6) is 0 Å². The quantitative estimate of drug-likeness (QED) is 0.349. The van der Waals surface area contributed by atoms with Gasteiger partial charge in [-0.3, -0.25) is 4.79 Å². The van der Waals surface area contributed by atoms with Crippen LogP contribution >= 0.6 is 22.9 Å². The molecule has 150 valence electrons. The summed E-state index contributed by atoms with van der Waals surface area (Å²) in [7, 11) is 0. The van der Waals surface area contributed by atoms with Crippen molar-refractivity contribution in [3.05, 3.63) is 112 Å². The number of benzene rings is 3. The van der Waals surface area contributed by atoms with Crippen LogP contribution in [0.25, 0.3) is 10.4 Å². The van der Waals surface area contributed by atoms with Crippen molar-refractivity contribution in [2.75, 3.05) is 5.73 Å². The second kappa shape index (κ2) is 8.38. The largest absolute Gasteiger partial charge is 0.390 e. The van der Waals surface area contributed by atoms with Crippen molar-refractivity contribution in [1.29, 1.82) is 0 Å². The molecule has 0 radical (unpaired) electrons. The molecule has 0 saturated carbocycles. The Labute approximate surface area is 181 Å². The van der Waals surface area contributed by atoms with Crippen LogP contribution in [0.2, 0.25) is 5.02 Å². The van der Waals surface area contributed by atoms with Crippen LogP contribution in [0.3, 0.4) is 0 Å². The Balaban J connectivity index is 1.85. The molecule has 6 heteroatoms. The van der Waals surface area contributed by atoms with E-state index in [9.17, 15) is 13.6 Å². The zero-order valence-electron chi connectivity index (χ0n) is 15.7. The fraction of sp³-hybridized carbons (Fsp3) is 0.0417. The minimum Gasteiger partial charge on any atom is -0.390 e. The number of hydrogen-bond acceptors (Lipinski definition) is 3. The van der Waals surface area contributed by atoms with Crippen LogP contribution in [-0.2, 0) is 6.42 Å². The molecule has 0 bridgehead atoms. The van der Waals surface area contributed by atoms with Crippen LogP contribution < -0.4 is 5.73 Å². The van der Waals surface area contributed by atoms with E-state index >= 15 is 0 Å². The maximum Gasteiger partial charge on any atom is 0.196 e. The Bertz CT molecular complexity index is 1200. The van der Waals surface area contributed by atoms with E-state index in [0.717, 1.165) is 21.6 Å². The van der Waals surface area contributed by atoms with Gasteiger partial charge < -0.3 is 5.73 Å². The average molecular weight is 440 g/mol. The molecule has 0 aliphatic heterocycles. The maximum atomic E-state index is 13.4. The fourth-order valence-electron chi connectivity index (χ4n) is 3.29. The zero-order chi connectivity index (χ0) is 21.3. The summed E-state index contributed by atoms with van der Waals surface area (Å²) in [5.74, 6) is -0.897. The predicted octanol–water partition coefficient (Wildman–Crippen LogP) is 6.75. The smallest absolute Gasteiger partial charge is 0.196 e. The number of nitrogens with two attached hydrogens (primary N) is 1. The Kier molecular flexibility index (Phi) is 5.66. The third-order valence-electron chi connectivity index (χ3n) is 4.77. The average Bonchev–Trinajstić information content (AvgIpc) is 3.06. The first kappa shape index (κ1) is 20.3. The van der Waals surface area contributed by atoms with E-state index in [1.165, 1.54) is 35.6 Å². The molecule has 2 nitrogen and oxygen atoms in total. The van der Waals surface area contributed by atoms with E-state index in [1.807, 2.05) is 0 Å². The van der Waals surface area contributed by atoms with E-state index in [1.54, 1.807) is 48.5 Å². The highest BCUT2D eigenvalue weighted by Crippen LogP contribution is 2.41. The van der Waals surface area contributed by atoms with Crippen LogP contribution in [0.4, 0.5) is 13.8 Å². The molecule has 2 N–H and O–H groups in total. The molecule has 0 aliphatic rings. The summed E-state index contributed by atoms with van der Waals surface area (Å²) in [5, 5.41) is 0.912. The Hall–Kier alpha value is -3.02. The Morgan fingerprint density at radius 2 is 1.43 bits per heavy atom. The third-order valence-corrected chi connectivity index (χ3v) is 6.13. The lowest BCUT2D eigenvalue weighted by atomic mass is 9.94. The SMILES string of the molecule is Nc1sc(-c2ccc(F)cc2)c(Cc2ccc(F)cc2)c1C(=O)c1ccc(Cl)cc1. The Morgan fingerprint density at radius 3 is 2.03 bits per heavy atom. The van der Waals surface area contributed by atoms with Crippen molar-refractivity contribution >= 4 is 33.7 Å². The number of rotatable bonds is 5. The Morgan fingerprint density at radius 1 is 0.867 bits per heavy atom. The number of nitrogen functional groups attached to an aromatic ring is 1. The van der Waals surface area contributed by atoms with Gasteiger partial charge in [0.25, 0.3) is 0 Å². The van der Waals surface area contributed by atoms with Gasteiger partial charge in [0.2, 0.25) is 0 Å². The zero-order valence-corrected chi connectivity index (χ0v) is 17.2. The molecule has 0 saturated heterocycles. The predicted molar refractivity (Wildman–Crippen MR) is 118 cm³/mol. The molecule has 4 rings (SSSR count). The highest BCUT2D eigenvalue weighted by Gasteiger charge is 2.24. The van der Waals surface area contributed by atoms with Gasteiger partial charge in [-0.15, -0.1) is 11.3 Å². The van der Waals surface area contributed by atoms with Crippen molar-refractivity contribution < 1.29 is 13.6 Å². The molecule has 0 amide bonds. The minimum absolute atomic E-state index is 0.217. The van der Waals surface area contributed by atoms with Crippen LogP contribution in [-0.4, -0.2) is 5.78 Å². The van der Waals surface area contributed by atoms with Crippen molar-refractivity contribution in [2.24, 2.45) is 0 Å². The summed E-state index contributed by atoms with van der Waals surface area (Å²) >= 11 is 7.23. The molecule has 0 atom stereocenters. The van der Waals surface area contributed by atoms with Gasteiger partial charge in [-0.2, -0.15) is 0 Å². The number of halogens is 3. The first-order valence-electron chi connectivity index (χ1n) is 9.14. The number of hydrogen-bond donors (Lipinski definition) is 1. The van der Waals surface area contributed by atoms with Gasteiger partial charge in [-0.1, -0.05) is 35.9 Å². The standard InChI is InChI=1S/C24H16ClF2NOS/c25-17-7-3-15(4-8-17)22(29)21-20(13-14-1-9-18(26)10-2-14)23(30-24(21)28)16-5-11-19(27)12-6-16/h1-12H,13,28H2. The normalized spacial score (nSPS) is 10.9. The fourth-order valence-corrected chi connectivity index (χ4v) is 4.50. The van der Waals surface area contributed by atoms with Gasteiger partial charge >= 0.3 is 0 Å². The van der Waals surface area contributed by atoms with Crippen LogP contribution in [0.15, 0.2) is 72.8 Å². The van der Waals surface area contributed by atoms with Crippen molar-refractivity contribution in [1.82, 2.24) is 0 Å². The van der Waals surface area contributed by atoms with Gasteiger partial charge in [0.05, 0.1) is 10.6 Å². The van der Waals surface area contributed by atoms with E-state index in [-0.39, 0.29) is 17.4 Å². The minimum atomic E-state index is -0.346. The lowest BCUT2D eigenvalue weighted by Crippen LogP contribution is -2.07. The number of carbonyl (C=O) groups excluding carboxylic acids is 1. The molecule has 0 fully saturated rings. The molecule has 30 heavy (non-hydrogen) atoms. The van der Waals surface area contributed by atoms with Gasteiger partial charge in [-0.05, 0) is 71.6 Å². The van der Waals surface area contributed by atoms with E-state index in [2.05, 4.69) is 0 Å². The molecule has 1 heterocycles. The van der Waals surface area contributed by atoms with Gasteiger partial charge in [0, 0.05) is 15.5 Å². The summed E-state index contributed by atoms with van der Waals surface area (Å²) in [4.78, 5) is 14.1. The monoisotopic (exact) mass is 439 g/mol. The van der Waals surface area contributed by atoms with Crippen molar-refractivity contribution in [3.63, 3.8) is 0 Å². The third kappa shape index (κ3) is 4.13. The highest BCUT2D eigenvalue weighted by molar-refractivity contribution is 7.20. The second-order valence-electron chi connectivity index (χ2n) is 6.80. The summed E-state index contributed by atoms with van der Waals surface area (Å²) in [6.07, 6.45) is 0.384. The molecule has 3 aromatic carbocycles. The molecule has 4 aromatic rings. The molecule has 1 aromatic heterocycles. The lowest BCUT2D eigenvalue weighted by molar-refractivity contribution is 0.103. The summed E-state index contributed by atoms with van der Waals surface area (Å²) in [6.45, 7) is 0. The molecular formula is C24H16ClF2NOS. The van der Waals surface area contributed by atoms with E-state index in [4.69, 9.17) is 17.3 Å². The van der Waals surface area contributed by atoms with E-state index in [0.29, 0.717) is 27.6 Å². The topological polar surface area (TPSA) is 43.1 Å². The van der Waals surface area contributed by atoms with Gasteiger partial charge in [0.1, 0.15) is 11.6 Å². The molecule has 0 unspecified atom stereocenters. The van der Waals surface area contributed by atoms with Gasteiger partial charge in [-0.25, -0.2) is 8.78 Å². The molecule has 0 spiro atoms. The summed E-state index contributed by atoms with van der Waals surface area (Å²) in [6, 6.07) is 18.8. The summed E-state index contributed by atoms with van der Waals surface area (Å²) in [5.41, 5.74) is 9.50. The van der Waals surface area contributed by atoms with Crippen molar-refractivity contribution in [3.8, 4) is 10.4 Å². The first-order valence-corrected chi connectivity index (χ1v) is 10.3. The highest BCUT2D eigenvalue weighted by atomic mass is 35.5. The van der Waals surface area contributed by atoms with Gasteiger partial charge in [0.15, 0.2) is 5.78 Å². The second-order valence-corrected chi connectivity index (χ2v) is 8.28. The van der Waals surface area contributed by atoms with Crippen molar-refractivity contribution in [2.45, 2.75) is 6.42 Å². The maximum absolute atomic E-state index is 13.4. The number of thiophene rings is 1. The van der Waals surface area contributed by atoms with Crippen LogP contribution in [0, 0.1) is 11.6 Å². The molecule has 0 aliphatic carbocycles. The lowest BCUT2D eigenvalue weighted by Gasteiger charge is -2.09. The van der Waals surface area contributed by atoms with Crippen LogP contribution in [0.1, 0.15) is 27.0 Å².